The predicted octanol–water partition coefficient (Wildman–Crippen LogP) is 4.31. The molecule has 5 aromatic carbocycles. The van der Waals surface area contributed by atoms with Crippen LogP contribution in [0.25, 0.3) is 27.5 Å². The van der Waals surface area contributed by atoms with Gasteiger partial charge in [0, 0.05) is 11.1 Å². The molecular formula is C33H22Cl2F6Hf. The second-order valence-corrected chi connectivity index (χ2v) is 9.38. The Morgan fingerprint density at radius 3 is 1.76 bits per heavy atom. The average molecular weight is 782 g/mol. The maximum absolute atomic E-state index is 12.9. The molecule has 0 bridgehead atoms. The van der Waals surface area contributed by atoms with Crippen LogP contribution in [-0.4, -0.2) is 0 Å². The van der Waals surface area contributed by atoms with Gasteiger partial charge in [0.1, 0.15) is 0 Å². The molecular weight excluding hydrogens is 760 g/mol. The van der Waals surface area contributed by atoms with E-state index in [4.69, 9.17) is 0 Å². The van der Waals surface area contributed by atoms with Crippen molar-refractivity contribution in [2.75, 3.05) is 0 Å². The third-order valence-electron chi connectivity index (χ3n) is 6.75. The van der Waals surface area contributed by atoms with Crippen molar-refractivity contribution >= 4 is 16.3 Å². The predicted molar refractivity (Wildman–Crippen MR) is 142 cm³/mol. The molecule has 0 heterocycles. The van der Waals surface area contributed by atoms with Crippen molar-refractivity contribution in [3.63, 3.8) is 0 Å². The van der Waals surface area contributed by atoms with Gasteiger partial charge in [-0.1, -0.05) is 84.8 Å². The molecule has 1 unspecified atom stereocenters. The van der Waals surface area contributed by atoms with E-state index in [0.29, 0.717) is 11.5 Å². The van der Waals surface area contributed by atoms with Gasteiger partial charge in [-0.05, 0) is 12.0 Å². The minimum absolute atomic E-state index is 0. The van der Waals surface area contributed by atoms with E-state index in [1.807, 2.05) is 0 Å². The maximum Gasteiger partial charge on any atom is 4.00 e. The largest absolute Gasteiger partial charge is 4.00 e. The second kappa shape index (κ2) is 14.2. The Bertz CT molecular complexity index is 1590. The van der Waals surface area contributed by atoms with Gasteiger partial charge in [-0.2, -0.15) is 26.3 Å². The van der Waals surface area contributed by atoms with Crippen LogP contribution >= 0.6 is 0 Å². The molecule has 6 rings (SSSR count). The SMILES string of the molecule is CC1C(c2ccccc2)=[C-]c2ccccc21.FC(F)(F)c1cc(-c2cc3ccccc3[cH-]2)cc(C(F)(F)F)c1.[Cl-].[Cl-].[Hf+4]. The molecule has 0 saturated carbocycles. The van der Waals surface area contributed by atoms with E-state index < -0.39 is 23.5 Å². The summed E-state index contributed by atoms with van der Waals surface area (Å²) in [6.45, 7) is 2.25. The van der Waals surface area contributed by atoms with E-state index in [0.717, 1.165) is 22.9 Å². The van der Waals surface area contributed by atoms with Crippen LogP contribution in [0.1, 0.15) is 40.7 Å². The van der Waals surface area contributed by atoms with Crippen LogP contribution in [0.15, 0.2) is 109 Å². The third-order valence-corrected chi connectivity index (χ3v) is 6.75. The Morgan fingerprint density at radius 1 is 0.643 bits per heavy atom. The number of hydrogen-bond donors (Lipinski definition) is 0. The zero-order valence-corrected chi connectivity index (χ0v) is 27.1. The molecule has 42 heavy (non-hydrogen) atoms. The van der Waals surface area contributed by atoms with Crippen molar-refractivity contribution in [3.8, 4) is 11.1 Å². The molecule has 5 aromatic rings. The van der Waals surface area contributed by atoms with Gasteiger partial charge in [0.25, 0.3) is 0 Å². The van der Waals surface area contributed by atoms with Gasteiger partial charge >= 0.3 is 38.2 Å². The molecule has 9 heteroatoms. The zero-order chi connectivity index (χ0) is 27.8. The summed E-state index contributed by atoms with van der Waals surface area (Å²) in [6, 6.07) is 30.8. The molecule has 0 amide bonds. The summed E-state index contributed by atoms with van der Waals surface area (Å²) in [5, 5.41) is 1.52. The van der Waals surface area contributed by atoms with Crippen molar-refractivity contribution in [1.82, 2.24) is 0 Å². The van der Waals surface area contributed by atoms with Crippen molar-refractivity contribution in [1.29, 1.82) is 0 Å². The number of allylic oxidation sites excluding steroid dienone is 1. The van der Waals surface area contributed by atoms with Gasteiger partial charge < -0.3 is 24.8 Å². The van der Waals surface area contributed by atoms with Gasteiger partial charge in [-0.3, -0.25) is 0 Å². The standard InChI is InChI=1S/C17H9F6.C16H13.2ClH.Hf/c18-16(19,20)14-7-13(8-15(9-14)17(21,22)23)12-5-10-3-1-2-4-11(10)6-12;1-12-15-10-6-5-9-14(15)11-16(12)13-7-3-2-4-8-13;;;/h1-9H;2-10,12H,1H3;2*1H;/q2*-1;;;+4/p-2. The topological polar surface area (TPSA) is 0 Å². The fourth-order valence-electron chi connectivity index (χ4n) is 4.78. The maximum atomic E-state index is 12.9. The summed E-state index contributed by atoms with van der Waals surface area (Å²) in [7, 11) is 0. The molecule has 0 spiro atoms. The van der Waals surface area contributed by atoms with Crippen LogP contribution in [0.2, 0.25) is 0 Å². The Balaban J connectivity index is 0.000000288. The van der Waals surface area contributed by atoms with Gasteiger partial charge in [0.15, 0.2) is 0 Å². The van der Waals surface area contributed by atoms with Crippen LogP contribution in [-0.2, 0) is 38.2 Å². The first-order valence-corrected chi connectivity index (χ1v) is 12.2. The van der Waals surface area contributed by atoms with Crippen LogP contribution < -0.4 is 24.8 Å². The number of hydrogen-bond acceptors (Lipinski definition) is 0. The Labute approximate surface area is 271 Å². The molecule has 1 aliphatic rings. The summed E-state index contributed by atoms with van der Waals surface area (Å²) in [4.78, 5) is 0. The fourth-order valence-corrected chi connectivity index (χ4v) is 4.78. The van der Waals surface area contributed by atoms with E-state index in [-0.39, 0.29) is 62.3 Å². The van der Waals surface area contributed by atoms with E-state index in [9.17, 15) is 26.3 Å². The number of benzene rings is 4. The number of alkyl halides is 6. The van der Waals surface area contributed by atoms with Crippen LogP contribution in [0.3, 0.4) is 0 Å². The minimum atomic E-state index is -4.85. The molecule has 0 nitrogen and oxygen atoms in total. The molecule has 1 atom stereocenters. The molecule has 214 valence electrons. The van der Waals surface area contributed by atoms with Crippen molar-refractivity contribution in [2.24, 2.45) is 0 Å². The van der Waals surface area contributed by atoms with Crippen molar-refractivity contribution < 1.29 is 77.0 Å². The van der Waals surface area contributed by atoms with Crippen molar-refractivity contribution in [2.45, 2.75) is 25.2 Å². The van der Waals surface area contributed by atoms with Crippen LogP contribution in [0.4, 0.5) is 26.3 Å². The Hall–Kier alpha value is -2.74. The van der Waals surface area contributed by atoms with Crippen molar-refractivity contribution in [3.05, 3.63) is 143 Å². The summed E-state index contributed by atoms with van der Waals surface area (Å²) < 4.78 is 77.3. The smallest absolute Gasteiger partial charge is 1.00 e. The summed E-state index contributed by atoms with van der Waals surface area (Å²) in [5.41, 5.74) is 2.81. The minimum Gasteiger partial charge on any atom is -1.00 e. The zero-order valence-electron chi connectivity index (χ0n) is 22.0. The molecule has 0 aromatic heterocycles. The normalized spacial score (nSPS) is 13.9. The summed E-state index contributed by atoms with van der Waals surface area (Å²) in [6.07, 6.45) is -6.17. The quantitative estimate of drug-likeness (QED) is 0.143. The molecule has 0 radical (unpaired) electrons. The van der Waals surface area contributed by atoms with E-state index in [2.05, 4.69) is 67.6 Å². The monoisotopic (exact) mass is 782 g/mol. The molecule has 0 aliphatic heterocycles. The van der Waals surface area contributed by atoms with E-state index in [1.165, 1.54) is 22.3 Å². The molecule has 1 aliphatic carbocycles. The van der Waals surface area contributed by atoms with Gasteiger partial charge in [-0.25, -0.2) is 0 Å². The van der Waals surface area contributed by atoms with Gasteiger partial charge in [-0.15, -0.1) is 75.5 Å². The number of halogens is 8. The number of rotatable bonds is 2. The van der Waals surface area contributed by atoms with E-state index >= 15 is 0 Å². The first-order chi connectivity index (χ1) is 18.5. The summed E-state index contributed by atoms with van der Waals surface area (Å²) in [5.74, 6) is 0.457. The number of fused-ring (bicyclic) bond motifs is 2. The Morgan fingerprint density at radius 2 is 1.19 bits per heavy atom. The van der Waals surface area contributed by atoms with Gasteiger partial charge in [0.2, 0.25) is 0 Å². The van der Waals surface area contributed by atoms with Gasteiger partial charge in [0.05, 0.1) is 0 Å². The molecule has 0 N–H and O–H groups in total. The summed E-state index contributed by atoms with van der Waals surface area (Å²) >= 11 is 0. The molecule has 0 fully saturated rings. The first kappa shape index (κ1) is 35.5. The van der Waals surface area contributed by atoms with Crippen LogP contribution in [0, 0.1) is 6.08 Å². The third kappa shape index (κ3) is 7.80. The molecule has 0 saturated heterocycles. The van der Waals surface area contributed by atoms with Crippen LogP contribution in [0.5, 0.6) is 0 Å². The van der Waals surface area contributed by atoms with E-state index in [1.54, 1.807) is 36.4 Å². The second-order valence-electron chi connectivity index (χ2n) is 9.38. The Kier molecular flexibility index (Phi) is 11.9. The first-order valence-electron chi connectivity index (χ1n) is 12.2. The fraction of sp³-hybridized carbons (Fsp3) is 0.121. The average Bonchev–Trinajstić information content (AvgIpc) is 3.50.